The lowest BCUT2D eigenvalue weighted by molar-refractivity contribution is -0.138. The Morgan fingerprint density at radius 2 is 1.94 bits per heavy atom. The van der Waals surface area contributed by atoms with Crippen molar-refractivity contribution in [2.75, 3.05) is 18.4 Å². The molecule has 0 saturated carbocycles. The number of nitrogens with one attached hydrogen (secondary N) is 2. The highest BCUT2D eigenvalue weighted by atomic mass is 19.4. The van der Waals surface area contributed by atoms with E-state index in [1.807, 2.05) is 32.0 Å². The molecule has 1 aromatic heterocycles. The number of aromatic nitrogens is 2. The Kier molecular flexibility index (Phi) is 5.75. The number of alkyl halides is 3. The molecule has 1 saturated heterocycles. The largest absolute Gasteiger partial charge is 0.489 e. The van der Waals surface area contributed by atoms with Gasteiger partial charge in [0, 0.05) is 17.3 Å². The van der Waals surface area contributed by atoms with Crippen molar-refractivity contribution in [3.8, 4) is 5.75 Å². The predicted molar refractivity (Wildman–Crippen MR) is 114 cm³/mol. The van der Waals surface area contributed by atoms with Crippen LogP contribution in [0.4, 0.5) is 19.0 Å². The van der Waals surface area contributed by atoms with Gasteiger partial charge in [0.05, 0.1) is 17.3 Å². The van der Waals surface area contributed by atoms with E-state index in [4.69, 9.17) is 4.74 Å². The van der Waals surface area contributed by atoms with E-state index in [1.54, 1.807) is 6.07 Å². The quantitative estimate of drug-likeness (QED) is 0.584. The first kappa shape index (κ1) is 21.4. The number of halogens is 3. The van der Waals surface area contributed by atoms with Gasteiger partial charge in [-0.15, -0.1) is 5.10 Å². The zero-order chi connectivity index (χ0) is 22.2. The molecule has 0 spiro atoms. The van der Waals surface area contributed by atoms with Crippen molar-refractivity contribution >= 4 is 16.6 Å². The first-order valence-corrected chi connectivity index (χ1v) is 10.3. The van der Waals surface area contributed by atoms with Gasteiger partial charge >= 0.3 is 6.18 Å². The fourth-order valence-electron chi connectivity index (χ4n) is 4.08. The highest BCUT2D eigenvalue weighted by molar-refractivity contribution is 5.94. The van der Waals surface area contributed by atoms with Crippen LogP contribution < -0.4 is 15.4 Å². The third-order valence-electron chi connectivity index (χ3n) is 5.75. The molecule has 1 unspecified atom stereocenters. The Hall–Kier alpha value is -2.87. The Morgan fingerprint density at radius 3 is 2.65 bits per heavy atom. The predicted octanol–water partition coefficient (Wildman–Crippen LogP) is 5.18. The molecule has 0 amide bonds. The average molecular weight is 430 g/mol. The molecule has 0 bridgehead atoms. The molecule has 5 nitrogen and oxygen atoms in total. The van der Waals surface area contributed by atoms with Crippen LogP contribution in [0.25, 0.3) is 10.8 Å². The molecular formula is C23H25F3N4O. The molecule has 1 aliphatic rings. The van der Waals surface area contributed by atoms with Crippen molar-refractivity contribution in [3.63, 3.8) is 0 Å². The Morgan fingerprint density at radius 1 is 1.13 bits per heavy atom. The van der Waals surface area contributed by atoms with E-state index in [1.165, 1.54) is 13.0 Å². The molecule has 0 aliphatic carbocycles. The van der Waals surface area contributed by atoms with Crippen LogP contribution in [0.15, 0.2) is 36.4 Å². The molecule has 0 radical (unpaired) electrons. The van der Waals surface area contributed by atoms with Crippen molar-refractivity contribution in [1.29, 1.82) is 0 Å². The van der Waals surface area contributed by atoms with Gasteiger partial charge in [-0.05, 0) is 69.1 Å². The second-order valence-electron chi connectivity index (χ2n) is 7.96. The van der Waals surface area contributed by atoms with Gasteiger partial charge in [-0.25, -0.2) is 0 Å². The zero-order valence-corrected chi connectivity index (χ0v) is 17.7. The number of anilines is 1. The van der Waals surface area contributed by atoms with Gasteiger partial charge in [0.25, 0.3) is 0 Å². The molecule has 4 rings (SSSR count). The maximum atomic E-state index is 13.3. The molecular weight excluding hydrogens is 405 g/mol. The third kappa shape index (κ3) is 4.44. The fraction of sp³-hybridized carbons (Fsp3) is 0.391. The summed E-state index contributed by atoms with van der Waals surface area (Å²) in [6, 6.07) is 9.63. The van der Waals surface area contributed by atoms with Gasteiger partial charge < -0.3 is 15.4 Å². The third-order valence-corrected chi connectivity index (χ3v) is 5.75. The smallest absolute Gasteiger partial charge is 0.416 e. The second-order valence-corrected chi connectivity index (χ2v) is 7.96. The summed E-state index contributed by atoms with van der Waals surface area (Å²) in [5.41, 5.74) is 0.920. The molecule has 1 aliphatic heterocycles. The SMILES string of the molecule is Cc1c([C@@H](C)Nc2nnc(C)c3ccc(OC4CCNC4)cc23)cccc1C(F)(F)F. The van der Waals surface area contributed by atoms with E-state index in [0.717, 1.165) is 47.8 Å². The molecule has 2 heterocycles. The minimum absolute atomic E-state index is 0.122. The monoisotopic (exact) mass is 430 g/mol. The summed E-state index contributed by atoms with van der Waals surface area (Å²) in [6.07, 6.45) is -3.32. The lowest BCUT2D eigenvalue weighted by Crippen LogP contribution is -2.19. The molecule has 2 aromatic carbocycles. The van der Waals surface area contributed by atoms with Crippen LogP contribution >= 0.6 is 0 Å². The molecule has 8 heteroatoms. The molecule has 164 valence electrons. The van der Waals surface area contributed by atoms with Crippen LogP contribution in [0.1, 0.15) is 41.8 Å². The number of benzene rings is 2. The summed E-state index contributed by atoms with van der Waals surface area (Å²) in [4.78, 5) is 0. The fourth-order valence-corrected chi connectivity index (χ4v) is 4.08. The van der Waals surface area contributed by atoms with Gasteiger partial charge in [-0.1, -0.05) is 12.1 Å². The van der Waals surface area contributed by atoms with Gasteiger partial charge in [0.1, 0.15) is 11.9 Å². The highest BCUT2D eigenvalue weighted by Crippen LogP contribution is 2.36. The Balaban J connectivity index is 1.67. The molecule has 1 fully saturated rings. The molecule has 2 atom stereocenters. The van der Waals surface area contributed by atoms with E-state index in [-0.39, 0.29) is 11.7 Å². The Bertz CT molecular complexity index is 1090. The van der Waals surface area contributed by atoms with Gasteiger partial charge in [-0.2, -0.15) is 18.3 Å². The van der Waals surface area contributed by atoms with Gasteiger partial charge in [-0.3, -0.25) is 0 Å². The van der Waals surface area contributed by atoms with Crippen LogP contribution in [0.5, 0.6) is 5.75 Å². The minimum Gasteiger partial charge on any atom is -0.489 e. The van der Waals surface area contributed by atoms with Crippen molar-refractivity contribution < 1.29 is 17.9 Å². The first-order valence-electron chi connectivity index (χ1n) is 10.3. The summed E-state index contributed by atoms with van der Waals surface area (Å²) in [6.45, 7) is 6.93. The normalized spacial score (nSPS) is 17.7. The standard InChI is InChI=1S/C23H25F3N4O/c1-13-18(5-4-6-21(13)23(24,25)26)14(2)28-22-20-11-16(31-17-9-10-27-12-17)7-8-19(20)15(3)29-30-22/h4-8,11,14,17,27H,9-10,12H2,1-3H3,(H,28,30)/t14-,17?/m1/s1. The van der Waals surface area contributed by atoms with E-state index in [0.29, 0.717) is 11.4 Å². The summed E-state index contributed by atoms with van der Waals surface area (Å²) in [5, 5.41) is 16.8. The molecule has 3 aromatic rings. The number of rotatable bonds is 5. The van der Waals surface area contributed by atoms with E-state index in [2.05, 4.69) is 20.8 Å². The van der Waals surface area contributed by atoms with Crippen LogP contribution in [0.3, 0.4) is 0 Å². The summed E-state index contributed by atoms with van der Waals surface area (Å²) in [7, 11) is 0. The minimum atomic E-state index is -4.39. The van der Waals surface area contributed by atoms with Crippen LogP contribution in [-0.4, -0.2) is 29.4 Å². The number of hydrogen-bond acceptors (Lipinski definition) is 5. The molecule has 31 heavy (non-hydrogen) atoms. The van der Waals surface area contributed by atoms with Crippen molar-refractivity contribution in [3.05, 3.63) is 58.8 Å². The Labute approximate surface area is 179 Å². The van der Waals surface area contributed by atoms with E-state index < -0.39 is 17.8 Å². The second kappa shape index (κ2) is 8.34. The summed E-state index contributed by atoms with van der Waals surface area (Å²) in [5.74, 6) is 1.25. The maximum Gasteiger partial charge on any atom is 0.416 e. The molecule has 2 N–H and O–H groups in total. The number of fused-ring (bicyclic) bond motifs is 1. The van der Waals surface area contributed by atoms with Crippen molar-refractivity contribution in [2.24, 2.45) is 0 Å². The zero-order valence-electron chi connectivity index (χ0n) is 17.7. The maximum absolute atomic E-state index is 13.3. The van der Waals surface area contributed by atoms with Crippen molar-refractivity contribution in [2.45, 2.75) is 45.5 Å². The lowest BCUT2D eigenvalue weighted by Gasteiger charge is -2.21. The van der Waals surface area contributed by atoms with Crippen LogP contribution in [0, 0.1) is 13.8 Å². The van der Waals surface area contributed by atoms with E-state index in [9.17, 15) is 13.2 Å². The van der Waals surface area contributed by atoms with Crippen LogP contribution in [0.2, 0.25) is 0 Å². The highest BCUT2D eigenvalue weighted by Gasteiger charge is 2.33. The lowest BCUT2D eigenvalue weighted by atomic mass is 9.97. The average Bonchev–Trinajstić information content (AvgIpc) is 3.22. The van der Waals surface area contributed by atoms with Gasteiger partial charge in [0.15, 0.2) is 5.82 Å². The van der Waals surface area contributed by atoms with E-state index >= 15 is 0 Å². The summed E-state index contributed by atoms with van der Waals surface area (Å²) >= 11 is 0. The number of ether oxygens (including phenoxy) is 1. The van der Waals surface area contributed by atoms with Crippen LogP contribution in [-0.2, 0) is 6.18 Å². The number of hydrogen-bond donors (Lipinski definition) is 2. The van der Waals surface area contributed by atoms with Crippen molar-refractivity contribution in [1.82, 2.24) is 15.5 Å². The first-order chi connectivity index (χ1) is 14.7. The topological polar surface area (TPSA) is 59.1 Å². The summed E-state index contributed by atoms with van der Waals surface area (Å²) < 4.78 is 46.0. The number of nitrogens with zero attached hydrogens (tertiary/aromatic N) is 2. The number of aryl methyl sites for hydroxylation is 1. The van der Waals surface area contributed by atoms with Gasteiger partial charge in [0.2, 0.25) is 0 Å².